The summed E-state index contributed by atoms with van der Waals surface area (Å²) in [6.45, 7) is 6.99. The minimum absolute atomic E-state index is 0. The largest absolute Gasteiger partial charge is 1.00 e. The zero-order chi connectivity index (χ0) is 19.2. The summed E-state index contributed by atoms with van der Waals surface area (Å²) in [4.78, 5) is 0. The predicted molar refractivity (Wildman–Crippen MR) is 115 cm³/mol. The number of ether oxygens (including phenoxy) is 1. The molecule has 2 rings (SSSR count). The van der Waals surface area contributed by atoms with Crippen LogP contribution in [-0.2, 0) is 18.0 Å². The highest BCUT2D eigenvalue weighted by Crippen LogP contribution is 2.12. The number of unbranched alkanes of at least 4 members (excludes halogenated alkanes) is 11. The van der Waals surface area contributed by atoms with E-state index in [4.69, 9.17) is 4.74 Å². The minimum atomic E-state index is 0. The van der Waals surface area contributed by atoms with Gasteiger partial charge in [0, 0.05) is 0 Å². The van der Waals surface area contributed by atoms with E-state index < -0.39 is 0 Å². The molecule has 0 aliphatic carbocycles. The molecule has 0 fully saturated rings. The zero-order valence-electron chi connectivity index (χ0n) is 18.2. The number of hydrogen-bond donors (Lipinski definition) is 0. The molecular formula is C24H41ClN2O. The molecule has 0 radical (unpaired) electrons. The lowest BCUT2D eigenvalue weighted by Crippen LogP contribution is -3.00. The van der Waals surface area contributed by atoms with Gasteiger partial charge in [-0.15, -0.1) is 0 Å². The Morgan fingerprint density at radius 1 is 0.786 bits per heavy atom. The third kappa shape index (κ3) is 8.96. The van der Waals surface area contributed by atoms with E-state index in [-0.39, 0.29) is 12.4 Å². The molecule has 4 heteroatoms. The number of para-hydroxylation sites is 2. The van der Waals surface area contributed by atoms with Crippen molar-refractivity contribution < 1.29 is 21.7 Å². The molecule has 1 heterocycles. The van der Waals surface area contributed by atoms with Crippen LogP contribution < -0.4 is 17.0 Å². The van der Waals surface area contributed by atoms with Crippen molar-refractivity contribution in [1.29, 1.82) is 0 Å². The van der Waals surface area contributed by atoms with E-state index in [0.717, 1.165) is 13.2 Å². The summed E-state index contributed by atoms with van der Waals surface area (Å²) in [5.41, 5.74) is 2.54. The van der Waals surface area contributed by atoms with Crippen LogP contribution in [0.2, 0.25) is 0 Å². The number of aromatic nitrogens is 2. The Balaban J connectivity index is 0.00000392. The van der Waals surface area contributed by atoms with E-state index in [9.17, 15) is 0 Å². The van der Waals surface area contributed by atoms with Gasteiger partial charge in [0.25, 0.3) is 0 Å². The first-order valence-corrected chi connectivity index (χ1v) is 11.4. The summed E-state index contributed by atoms with van der Waals surface area (Å²) in [6, 6.07) is 8.56. The Bertz CT molecular complexity index is 626. The number of rotatable bonds is 16. The van der Waals surface area contributed by atoms with Gasteiger partial charge in [-0.05, 0) is 25.5 Å². The first kappa shape index (κ1) is 25.0. The fraction of sp³-hybridized carbons (Fsp3) is 0.708. The number of halogens is 1. The Labute approximate surface area is 178 Å². The molecule has 1 aromatic carbocycles. The SMILES string of the molecule is CCCCCCCCCCCCCCOC[n+]1cn(CC)c2ccccc21.[Cl-]. The molecule has 0 atom stereocenters. The van der Waals surface area contributed by atoms with Gasteiger partial charge in [-0.3, -0.25) is 0 Å². The first-order valence-electron chi connectivity index (χ1n) is 11.4. The molecule has 0 amide bonds. The van der Waals surface area contributed by atoms with E-state index in [0.29, 0.717) is 6.73 Å². The molecule has 0 saturated carbocycles. The number of aryl methyl sites for hydroxylation is 1. The predicted octanol–water partition coefficient (Wildman–Crippen LogP) is 3.63. The maximum Gasteiger partial charge on any atom is 0.246 e. The van der Waals surface area contributed by atoms with Crippen LogP contribution in [0.15, 0.2) is 30.6 Å². The number of imidazole rings is 1. The van der Waals surface area contributed by atoms with Crippen molar-refractivity contribution in [2.75, 3.05) is 6.61 Å². The fourth-order valence-electron chi connectivity index (χ4n) is 3.81. The lowest BCUT2D eigenvalue weighted by atomic mass is 10.1. The fourth-order valence-corrected chi connectivity index (χ4v) is 3.81. The van der Waals surface area contributed by atoms with Crippen molar-refractivity contribution in [3.8, 4) is 0 Å². The van der Waals surface area contributed by atoms with Crippen LogP contribution in [0, 0.1) is 0 Å². The summed E-state index contributed by atoms with van der Waals surface area (Å²) in [7, 11) is 0. The normalized spacial score (nSPS) is 11.1. The van der Waals surface area contributed by atoms with Gasteiger partial charge in [-0.1, -0.05) is 89.7 Å². The highest BCUT2D eigenvalue weighted by Gasteiger charge is 2.13. The second-order valence-corrected chi connectivity index (χ2v) is 7.79. The molecule has 0 bridgehead atoms. The van der Waals surface area contributed by atoms with E-state index in [1.165, 1.54) is 88.1 Å². The van der Waals surface area contributed by atoms with Crippen LogP contribution in [0.1, 0.15) is 90.9 Å². The Morgan fingerprint density at radius 3 is 1.96 bits per heavy atom. The second-order valence-electron chi connectivity index (χ2n) is 7.79. The highest BCUT2D eigenvalue weighted by molar-refractivity contribution is 5.71. The average Bonchev–Trinajstić information content (AvgIpc) is 3.06. The Kier molecular flexibility index (Phi) is 14.1. The molecule has 28 heavy (non-hydrogen) atoms. The van der Waals surface area contributed by atoms with Crippen LogP contribution in [0.3, 0.4) is 0 Å². The minimum Gasteiger partial charge on any atom is -1.00 e. The summed E-state index contributed by atoms with van der Waals surface area (Å²) in [5, 5.41) is 0. The van der Waals surface area contributed by atoms with E-state index in [2.05, 4.69) is 53.6 Å². The molecule has 3 nitrogen and oxygen atoms in total. The van der Waals surface area contributed by atoms with Gasteiger partial charge in [-0.2, -0.15) is 0 Å². The third-order valence-corrected chi connectivity index (χ3v) is 5.49. The van der Waals surface area contributed by atoms with Crippen molar-refractivity contribution in [3.05, 3.63) is 30.6 Å². The topological polar surface area (TPSA) is 18.0 Å². The van der Waals surface area contributed by atoms with Crippen LogP contribution in [0.5, 0.6) is 0 Å². The van der Waals surface area contributed by atoms with E-state index in [1.54, 1.807) is 0 Å². The maximum absolute atomic E-state index is 5.93. The Morgan fingerprint density at radius 2 is 1.36 bits per heavy atom. The molecule has 0 spiro atoms. The van der Waals surface area contributed by atoms with Gasteiger partial charge in [0.2, 0.25) is 6.33 Å². The van der Waals surface area contributed by atoms with Gasteiger partial charge in [0.05, 0.1) is 13.2 Å². The lowest BCUT2D eigenvalue weighted by Gasteiger charge is -2.04. The molecule has 0 saturated heterocycles. The molecule has 160 valence electrons. The van der Waals surface area contributed by atoms with Crippen molar-refractivity contribution in [2.24, 2.45) is 0 Å². The molecule has 0 N–H and O–H groups in total. The average molecular weight is 409 g/mol. The van der Waals surface area contributed by atoms with Crippen molar-refractivity contribution in [2.45, 2.75) is 104 Å². The van der Waals surface area contributed by atoms with E-state index >= 15 is 0 Å². The summed E-state index contributed by atoms with van der Waals surface area (Å²) < 4.78 is 10.4. The highest BCUT2D eigenvalue weighted by atomic mass is 35.5. The van der Waals surface area contributed by atoms with Crippen LogP contribution in [0.25, 0.3) is 11.0 Å². The number of nitrogens with zero attached hydrogens (tertiary/aromatic N) is 2. The Hall–Kier alpha value is -1.06. The number of benzene rings is 1. The van der Waals surface area contributed by atoms with Crippen LogP contribution >= 0.6 is 0 Å². The van der Waals surface area contributed by atoms with Gasteiger partial charge < -0.3 is 17.1 Å². The monoisotopic (exact) mass is 408 g/mol. The van der Waals surface area contributed by atoms with Crippen LogP contribution in [-0.4, -0.2) is 11.2 Å². The summed E-state index contributed by atoms with van der Waals surface area (Å²) in [6.07, 6.45) is 18.8. The quantitative estimate of drug-likeness (QED) is 0.306. The zero-order valence-corrected chi connectivity index (χ0v) is 18.9. The molecule has 0 aliphatic heterocycles. The van der Waals surface area contributed by atoms with Crippen molar-refractivity contribution in [3.63, 3.8) is 0 Å². The molecule has 0 aliphatic rings. The summed E-state index contributed by atoms with van der Waals surface area (Å²) in [5.74, 6) is 0. The number of fused-ring (bicyclic) bond motifs is 1. The maximum atomic E-state index is 5.93. The van der Waals surface area contributed by atoms with Crippen molar-refractivity contribution >= 4 is 11.0 Å². The van der Waals surface area contributed by atoms with Gasteiger partial charge in [0.1, 0.15) is 0 Å². The first-order chi connectivity index (χ1) is 13.4. The van der Waals surface area contributed by atoms with Gasteiger partial charge >= 0.3 is 0 Å². The molecular weight excluding hydrogens is 368 g/mol. The second kappa shape index (κ2) is 15.8. The standard InChI is InChI=1S/C24H41N2O.ClH/c1-3-5-6-7-8-9-10-11-12-13-14-17-20-27-22-26-21-25(4-2)23-18-15-16-19-24(23)26;/h15-16,18-19,21H,3-14,17,20,22H2,1-2H3;1H/q+1;/p-1. The smallest absolute Gasteiger partial charge is 0.246 e. The van der Waals surface area contributed by atoms with Crippen molar-refractivity contribution in [1.82, 2.24) is 4.57 Å². The van der Waals surface area contributed by atoms with Gasteiger partial charge in [-0.25, -0.2) is 9.13 Å². The molecule has 1 aromatic heterocycles. The number of hydrogen-bond acceptors (Lipinski definition) is 1. The van der Waals surface area contributed by atoms with Gasteiger partial charge in [0.15, 0.2) is 17.8 Å². The summed E-state index contributed by atoms with van der Waals surface area (Å²) >= 11 is 0. The van der Waals surface area contributed by atoms with Crippen LogP contribution in [0.4, 0.5) is 0 Å². The third-order valence-electron chi connectivity index (χ3n) is 5.49. The molecule has 2 aromatic rings. The lowest BCUT2D eigenvalue weighted by molar-refractivity contribution is -0.710. The van der Waals surface area contributed by atoms with E-state index in [1.807, 2.05) is 0 Å². The molecule has 0 unspecified atom stereocenters.